The summed E-state index contributed by atoms with van der Waals surface area (Å²) in [6.07, 6.45) is 1.47. The molecule has 1 aromatic carbocycles. The highest BCUT2D eigenvalue weighted by Gasteiger charge is 2.18. The van der Waals surface area contributed by atoms with Crippen LogP contribution in [0.15, 0.2) is 22.7 Å². The number of ether oxygens (including phenoxy) is 3. The molecule has 0 aliphatic rings. The van der Waals surface area contributed by atoms with Crippen molar-refractivity contribution >= 4 is 52.4 Å². The van der Waals surface area contributed by atoms with Gasteiger partial charge in [0, 0.05) is 12.1 Å². The van der Waals surface area contributed by atoms with Crippen LogP contribution in [0.25, 0.3) is 0 Å². The first kappa shape index (κ1) is 24.2. The third-order valence-electron chi connectivity index (χ3n) is 2.21. The number of hydrogen-bond donors (Lipinski definition) is 0. The summed E-state index contributed by atoms with van der Waals surface area (Å²) in [6, 6.07) is 3.02. The Bertz CT molecular complexity index is 568. The van der Waals surface area contributed by atoms with Gasteiger partial charge in [-0.2, -0.15) is 0 Å². The standard InChI is InChI=1S/C15H16Cl4O4.C2H6/c1-15(2,3)23-13(20)8-22-14-10(16)6-9(7-11(14)17)21-5-4-12(18)19;1-2/h4,6-7H,5,8H2,1-3H3;1-2H3. The summed E-state index contributed by atoms with van der Waals surface area (Å²) in [5.41, 5.74) is -0.594. The van der Waals surface area contributed by atoms with E-state index in [1.807, 2.05) is 13.8 Å². The van der Waals surface area contributed by atoms with Crippen LogP contribution in [0.3, 0.4) is 0 Å². The Labute approximate surface area is 168 Å². The minimum Gasteiger partial charge on any atom is -0.489 e. The molecule has 0 unspecified atom stereocenters. The van der Waals surface area contributed by atoms with E-state index >= 15 is 0 Å². The minimum atomic E-state index is -0.594. The summed E-state index contributed by atoms with van der Waals surface area (Å²) >= 11 is 23.1. The Hall–Kier alpha value is -0.810. The van der Waals surface area contributed by atoms with Gasteiger partial charge in [0.05, 0.1) is 10.0 Å². The van der Waals surface area contributed by atoms with E-state index in [9.17, 15) is 4.79 Å². The molecule has 25 heavy (non-hydrogen) atoms. The van der Waals surface area contributed by atoms with Crippen LogP contribution in [0, 0.1) is 0 Å². The average Bonchev–Trinajstić information content (AvgIpc) is 2.46. The normalized spacial score (nSPS) is 10.3. The number of hydrogen-bond acceptors (Lipinski definition) is 4. The van der Waals surface area contributed by atoms with E-state index in [1.165, 1.54) is 18.2 Å². The van der Waals surface area contributed by atoms with Crippen molar-refractivity contribution in [3.8, 4) is 11.5 Å². The van der Waals surface area contributed by atoms with E-state index in [0.29, 0.717) is 5.75 Å². The Morgan fingerprint density at radius 3 is 2.04 bits per heavy atom. The van der Waals surface area contributed by atoms with Crippen LogP contribution in [-0.4, -0.2) is 24.8 Å². The number of halogens is 4. The number of benzene rings is 1. The van der Waals surface area contributed by atoms with Crippen LogP contribution in [0.5, 0.6) is 11.5 Å². The maximum absolute atomic E-state index is 11.6. The Balaban J connectivity index is 0.00000277. The maximum atomic E-state index is 11.6. The first-order chi connectivity index (χ1) is 11.6. The third-order valence-corrected chi connectivity index (χ3v) is 3.08. The van der Waals surface area contributed by atoms with Crippen LogP contribution >= 0.6 is 46.4 Å². The molecule has 8 heteroatoms. The topological polar surface area (TPSA) is 44.8 Å². The monoisotopic (exact) mass is 430 g/mol. The number of esters is 1. The summed E-state index contributed by atoms with van der Waals surface area (Å²) in [5.74, 6) is 0.0692. The lowest BCUT2D eigenvalue weighted by atomic mass is 10.2. The molecule has 0 atom stereocenters. The molecule has 0 fully saturated rings. The van der Waals surface area contributed by atoms with Crippen molar-refractivity contribution < 1.29 is 19.0 Å². The number of carbonyl (C=O) groups is 1. The van der Waals surface area contributed by atoms with Crippen LogP contribution in [-0.2, 0) is 9.53 Å². The highest BCUT2D eigenvalue weighted by molar-refractivity contribution is 6.55. The molecule has 0 aliphatic carbocycles. The zero-order chi connectivity index (χ0) is 19.6. The maximum Gasteiger partial charge on any atom is 0.344 e. The Morgan fingerprint density at radius 1 is 1.08 bits per heavy atom. The molecule has 1 rings (SSSR count). The van der Waals surface area contributed by atoms with Gasteiger partial charge in [0.25, 0.3) is 0 Å². The van der Waals surface area contributed by atoms with Crippen LogP contribution in [0.1, 0.15) is 34.6 Å². The van der Waals surface area contributed by atoms with Gasteiger partial charge < -0.3 is 14.2 Å². The van der Waals surface area contributed by atoms with Crippen molar-refractivity contribution in [2.45, 2.75) is 40.2 Å². The van der Waals surface area contributed by atoms with E-state index in [1.54, 1.807) is 20.8 Å². The fourth-order valence-corrected chi connectivity index (χ4v) is 2.16. The van der Waals surface area contributed by atoms with Crippen molar-refractivity contribution in [3.63, 3.8) is 0 Å². The first-order valence-electron chi connectivity index (χ1n) is 7.56. The summed E-state index contributed by atoms with van der Waals surface area (Å²) in [4.78, 5) is 11.6. The second kappa shape index (κ2) is 11.7. The van der Waals surface area contributed by atoms with Gasteiger partial charge >= 0.3 is 5.97 Å². The second-order valence-corrected chi connectivity index (χ2v) is 7.22. The molecular formula is C17H22Cl4O4. The smallest absolute Gasteiger partial charge is 0.344 e. The van der Waals surface area contributed by atoms with E-state index in [-0.39, 0.29) is 33.5 Å². The highest BCUT2D eigenvalue weighted by Crippen LogP contribution is 2.37. The van der Waals surface area contributed by atoms with Gasteiger partial charge in [-0.05, 0) is 26.8 Å². The largest absolute Gasteiger partial charge is 0.489 e. The van der Waals surface area contributed by atoms with Gasteiger partial charge in [-0.3, -0.25) is 0 Å². The van der Waals surface area contributed by atoms with Crippen molar-refractivity contribution in [1.82, 2.24) is 0 Å². The molecule has 0 bridgehead atoms. The molecule has 0 spiro atoms. The average molecular weight is 432 g/mol. The lowest BCUT2D eigenvalue weighted by molar-refractivity contribution is -0.157. The van der Waals surface area contributed by atoms with Gasteiger partial charge in [0.1, 0.15) is 22.4 Å². The van der Waals surface area contributed by atoms with Crippen molar-refractivity contribution in [2.75, 3.05) is 13.2 Å². The fourth-order valence-electron chi connectivity index (χ4n) is 1.46. The molecule has 0 saturated heterocycles. The SMILES string of the molecule is CC.CC(C)(C)OC(=O)COc1c(Cl)cc(OCC=C(Cl)Cl)cc1Cl. The first-order valence-corrected chi connectivity index (χ1v) is 9.07. The molecule has 0 N–H and O–H groups in total. The molecule has 142 valence electrons. The molecule has 0 amide bonds. The Kier molecular flexibility index (Phi) is 11.4. The molecule has 4 nitrogen and oxygen atoms in total. The van der Waals surface area contributed by atoms with E-state index < -0.39 is 11.6 Å². The summed E-state index contributed by atoms with van der Waals surface area (Å²) in [5, 5.41) is 0.411. The van der Waals surface area contributed by atoms with Gasteiger partial charge in [-0.25, -0.2) is 4.79 Å². The predicted molar refractivity (Wildman–Crippen MR) is 104 cm³/mol. The molecule has 0 saturated carbocycles. The van der Waals surface area contributed by atoms with Crippen molar-refractivity contribution in [3.05, 3.63) is 32.7 Å². The Morgan fingerprint density at radius 2 is 1.60 bits per heavy atom. The van der Waals surface area contributed by atoms with Gasteiger partial charge in [-0.15, -0.1) is 0 Å². The van der Waals surface area contributed by atoms with E-state index in [4.69, 9.17) is 60.6 Å². The molecule has 1 aromatic rings. The van der Waals surface area contributed by atoms with Crippen LogP contribution in [0.4, 0.5) is 0 Å². The van der Waals surface area contributed by atoms with Gasteiger partial charge in [-0.1, -0.05) is 60.3 Å². The lowest BCUT2D eigenvalue weighted by Gasteiger charge is -2.19. The van der Waals surface area contributed by atoms with E-state index in [0.717, 1.165) is 0 Å². The molecule has 0 heterocycles. The van der Waals surface area contributed by atoms with E-state index in [2.05, 4.69) is 0 Å². The lowest BCUT2D eigenvalue weighted by Crippen LogP contribution is -2.27. The fraction of sp³-hybridized carbons (Fsp3) is 0.471. The van der Waals surface area contributed by atoms with Crippen molar-refractivity contribution in [2.24, 2.45) is 0 Å². The zero-order valence-electron chi connectivity index (χ0n) is 14.8. The van der Waals surface area contributed by atoms with Crippen LogP contribution < -0.4 is 9.47 Å². The minimum absolute atomic E-state index is 0.0968. The predicted octanol–water partition coefficient (Wildman–Crippen LogP) is 6.44. The second-order valence-electron chi connectivity index (χ2n) is 5.40. The molecule has 0 aliphatic heterocycles. The number of carbonyl (C=O) groups excluding carboxylic acids is 1. The zero-order valence-corrected chi connectivity index (χ0v) is 17.8. The summed E-state index contributed by atoms with van der Waals surface area (Å²) in [7, 11) is 0. The molecule has 0 aromatic heterocycles. The molecular weight excluding hydrogens is 410 g/mol. The summed E-state index contributed by atoms with van der Waals surface area (Å²) in [6.45, 7) is 9.14. The highest BCUT2D eigenvalue weighted by atomic mass is 35.5. The quantitative estimate of drug-likeness (QED) is 0.486. The summed E-state index contributed by atoms with van der Waals surface area (Å²) < 4.78 is 15.9. The van der Waals surface area contributed by atoms with Crippen LogP contribution in [0.2, 0.25) is 10.0 Å². The molecule has 0 radical (unpaired) electrons. The van der Waals surface area contributed by atoms with Crippen molar-refractivity contribution in [1.29, 1.82) is 0 Å². The number of rotatable bonds is 6. The van der Waals surface area contributed by atoms with Gasteiger partial charge in [0.15, 0.2) is 12.4 Å². The third kappa shape index (κ3) is 10.7. The van der Waals surface area contributed by atoms with Gasteiger partial charge in [0.2, 0.25) is 0 Å².